The van der Waals surface area contributed by atoms with Gasteiger partial charge in [-0.25, -0.2) is 4.79 Å². The fraction of sp³-hybridized carbons (Fsp3) is 0.833. The van der Waals surface area contributed by atoms with Crippen molar-refractivity contribution in [1.82, 2.24) is 0 Å². The number of carboxylic acid groups (broad SMARTS) is 2. The summed E-state index contributed by atoms with van der Waals surface area (Å²) >= 11 is 0. The number of hydrogen-bond donors (Lipinski definition) is 4. The summed E-state index contributed by atoms with van der Waals surface area (Å²) in [4.78, 5) is 33.5. The van der Waals surface area contributed by atoms with E-state index in [1.54, 1.807) is 0 Å². The molecule has 0 rings (SSSR count). The molecule has 0 fully saturated rings. The van der Waals surface area contributed by atoms with Gasteiger partial charge >= 0.3 is 17.9 Å². The molecule has 8 nitrogen and oxygen atoms in total. The van der Waals surface area contributed by atoms with E-state index in [4.69, 9.17) is 14.9 Å². The summed E-state index contributed by atoms with van der Waals surface area (Å²) in [5.74, 6) is -4.36. The molecule has 0 aliphatic rings. The fourth-order valence-electron chi connectivity index (χ4n) is 2.88. The minimum atomic E-state index is -2.76. The smallest absolute Gasteiger partial charge is 0.336 e. The summed E-state index contributed by atoms with van der Waals surface area (Å²) in [5, 5.41) is 37.4. The van der Waals surface area contributed by atoms with Crippen molar-refractivity contribution in [2.45, 2.75) is 89.9 Å². The van der Waals surface area contributed by atoms with Crippen LogP contribution in [0.1, 0.15) is 78.1 Å². The predicted molar refractivity (Wildman–Crippen MR) is 93.3 cm³/mol. The summed E-state index contributed by atoms with van der Waals surface area (Å²) in [5.41, 5.74) is -2.76. The first-order chi connectivity index (χ1) is 12.1. The minimum absolute atomic E-state index is 0.178. The zero-order valence-electron chi connectivity index (χ0n) is 15.6. The van der Waals surface area contributed by atoms with Gasteiger partial charge in [0.1, 0.15) is 0 Å². The molecule has 0 radical (unpaired) electrons. The summed E-state index contributed by atoms with van der Waals surface area (Å²) in [6.45, 7) is 4.14. The van der Waals surface area contributed by atoms with Gasteiger partial charge in [-0.15, -0.1) is 0 Å². The number of carbonyl (C=O) groups is 3. The second-order valence-electron chi connectivity index (χ2n) is 6.77. The van der Waals surface area contributed by atoms with Crippen LogP contribution >= 0.6 is 0 Å². The van der Waals surface area contributed by atoms with Gasteiger partial charge in [0.2, 0.25) is 6.29 Å². The molecule has 152 valence electrons. The third-order valence-corrected chi connectivity index (χ3v) is 4.24. The Kier molecular flexibility index (Phi) is 11.8. The lowest BCUT2D eigenvalue weighted by molar-refractivity contribution is -0.183. The number of hydrogen-bond acceptors (Lipinski definition) is 6. The molecule has 0 aliphatic carbocycles. The Morgan fingerprint density at radius 2 is 1.62 bits per heavy atom. The molecule has 3 atom stereocenters. The van der Waals surface area contributed by atoms with Crippen molar-refractivity contribution >= 4 is 17.9 Å². The number of carbonyl (C=O) groups excluding carboxylic acids is 1. The Morgan fingerprint density at radius 1 is 0.962 bits per heavy atom. The first-order valence-electron chi connectivity index (χ1n) is 9.19. The number of ether oxygens (including phenoxy) is 1. The Bertz CT molecular complexity index is 450. The molecule has 0 bridgehead atoms. The molecule has 3 unspecified atom stereocenters. The molecule has 0 amide bonds. The largest absolute Gasteiger partial charge is 0.481 e. The number of aliphatic hydroxyl groups is 2. The number of esters is 1. The fourth-order valence-corrected chi connectivity index (χ4v) is 2.88. The third kappa shape index (κ3) is 10.4. The molecule has 0 saturated carbocycles. The number of unbranched alkanes of at least 4 members (excludes halogenated alkanes) is 3. The average Bonchev–Trinajstić information content (AvgIpc) is 2.50. The first kappa shape index (κ1) is 24.3. The number of carboxylic acids is 2. The lowest BCUT2D eigenvalue weighted by Gasteiger charge is -2.23. The Balaban J connectivity index is 4.55. The summed E-state index contributed by atoms with van der Waals surface area (Å²) in [6.07, 6.45) is 3.75. The molecule has 0 heterocycles. The van der Waals surface area contributed by atoms with Crippen molar-refractivity contribution in [3.05, 3.63) is 0 Å². The minimum Gasteiger partial charge on any atom is -0.481 e. The van der Waals surface area contributed by atoms with E-state index in [0.717, 1.165) is 44.9 Å². The zero-order chi connectivity index (χ0) is 20.2. The van der Waals surface area contributed by atoms with Crippen LogP contribution in [0.4, 0.5) is 0 Å². The monoisotopic (exact) mass is 376 g/mol. The molecule has 0 aromatic rings. The lowest BCUT2D eigenvalue weighted by atomic mass is 9.93. The molecule has 26 heavy (non-hydrogen) atoms. The third-order valence-electron chi connectivity index (χ3n) is 4.24. The summed E-state index contributed by atoms with van der Waals surface area (Å²) in [6, 6.07) is 0. The number of aliphatic carboxylic acids is 2. The van der Waals surface area contributed by atoms with Gasteiger partial charge < -0.3 is 25.2 Å². The van der Waals surface area contributed by atoms with Crippen LogP contribution in [-0.2, 0) is 19.1 Å². The Labute approximate surface area is 154 Å². The van der Waals surface area contributed by atoms with Crippen LogP contribution in [0.25, 0.3) is 0 Å². The standard InChI is InChI=1S/C18H32O8/c1-3-5-6-7-9-13(8-4-2)10-15(21)26-16(22)12-18(25,17(23)24)11-14(19)20/h13,15,21,25H,3-12H2,1-2H3,(H,19,20)(H,23,24). The SMILES string of the molecule is CCCCCCC(CCC)CC(O)OC(=O)CC(O)(CC(=O)O)C(=O)O. The van der Waals surface area contributed by atoms with Gasteiger partial charge in [-0.3, -0.25) is 9.59 Å². The number of rotatable bonds is 15. The topological polar surface area (TPSA) is 141 Å². The molecule has 0 saturated heterocycles. The maximum atomic E-state index is 11.8. The molecular formula is C18H32O8. The quantitative estimate of drug-likeness (QED) is 0.194. The van der Waals surface area contributed by atoms with Gasteiger partial charge in [0, 0.05) is 6.42 Å². The van der Waals surface area contributed by atoms with E-state index < -0.39 is 42.6 Å². The van der Waals surface area contributed by atoms with Crippen molar-refractivity contribution < 1.29 is 39.5 Å². The van der Waals surface area contributed by atoms with Crippen LogP contribution in [0.2, 0.25) is 0 Å². The van der Waals surface area contributed by atoms with E-state index in [1.807, 2.05) is 6.92 Å². The molecule has 8 heteroatoms. The van der Waals surface area contributed by atoms with Crippen molar-refractivity contribution in [3.8, 4) is 0 Å². The molecule has 0 spiro atoms. The second kappa shape index (κ2) is 12.6. The van der Waals surface area contributed by atoms with Gasteiger partial charge in [0.25, 0.3) is 0 Å². The van der Waals surface area contributed by atoms with Crippen molar-refractivity contribution in [2.24, 2.45) is 5.92 Å². The van der Waals surface area contributed by atoms with Gasteiger partial charge in [-0.1, -0.05) is 58.8 Å². The van der Waals surface area contributed by atoms with Crippen LogP contribution in [0.3, 0.4) is 0 Å². The normalized spacial score (nSPS) is 15.7. The van der Waals surface area contributed by atoms with E-state index in [9.17, 15) is 24.6 Å². The van der Waals surface area contributed by atoms with Crippen molar-refractivity contribution in [1.29, 1.82) is 0 Å². The highest BCUT2D eigenvalue weighted by Crippen LogP contribution is 2.23. The first-order valence-corrected chi connectivity index (χ1v) is 9.19. The summed E-state index contributed by atoms with van der Waals surface area (Å²) in [7, 11) is 0. The molecular weight excluding hydrogens is 344 g/mol. The molecule has 4 N–H and O–H groups in total. The predicted octanol–water partition coefficient (Wildman–Crippen LogP) is 2.31. The van der Waals surface area contributed by atoms with Crippen LogP contribution in [0.5, 0.6) is 0 Å². The van der Waals surface area contributed by atoms with Crippen LogP contribution < -0.4 is 0 Å². The summed E-state index contributed by atoms with van der Waals surface area (Å²) < 4.78 is 4.78. The number of aliphatic hydroxyl groups excluding tert-OH is 1. The molecule has 0 aromatic carbocycles. The second-order valence-corrected chi connectivity index (χ2v) is 6.77. The van der Waals surface area contributed by atoms with E-state index in [0.29, 0.717) is 0 Å². The maximum Gasteiger partial charge on any atom is 0.336 e. The zero-order valence-corrected chi connectivity index (χ0v) is 15.6. The Hall–Kier alpha value is -1.67. The highest BCUT2D eigenvalue weighted by molar-refractivity contribution is 5.88. The van der Waals surface area contributed by atoms with Crippen LogP contribution in [0, 0.1) is 5.92 Å². The van der Waals surface area contributed by atoms with Gasteiger partial charge in [0.05, 0.1) is 12.8 Å². The van der Waals surface area contributed by atoms with E-state index in [-0.39, 0.29) is 12.3 Å². The van der Waals surface area contributed by atoms with Gasteiger partial charge in [-0.2, -0.15) is 0 Å². The highest BCUT2D eigenvalue weighted by atomic mass is 16.6. The molecule has 0 aliphatic heterocycles. The van der Waals surface area contributed by atoms with Crippen LogP contribution in [0.15, 0.2) is 0 Å². The van der Waals surface area contributed by atoms with Crippen LogP contribution in [-0.4, -0.2) is 50.2 Å². The Morgan fingerprint density at radius 3 is 2.12 bits per heavy atom. The van der Waals surface area contributed by atoms with E-state index >= 15 is 0 Å². The van der Waals surface area contributed by atoms with Gasteiger partial charge in [0.15, 0.2) is 5.60 Å². The highest BCUT2D eigenvalue weighted by Gasteiger charge is 2.41. The maximum absolute atomic E-state index is 11.8. The average molecular weight is 376 g/mol. The lowest BCUT2D eigenvalue weighted by Crippen LogP contribution is -2.43. The van der Waals surface area contributed by atoms with Crippen molar-refractivity contribution in [2.75, 3.05) is 0 Å². The van der Waals surface area contributed by atoms with Crippen molar-refractivity contribution in [3.63, 3.8) is 0 Å². The van der Waals surface area contributed by atoms with E-state index in [1.165, 1.54) is 0 Å². The van der Waals surface area contributed by atoms with E-state index in [2.05, 4.69) is 6.92 Å². The van der Waals surface area contributed by atoms with Gasteiger partial charge in [-0.05, 0) is 5.92 Å². The molecule has 0 aromatic heterocycles.